The number of nitrogens with two attached hydrogens (primary N) is 1. The second-order valence-corrected chi connectivity index (χ2v) is 5.19. The Morgan fingerprint density at radius 3 is 2.30 bits per heavy atom. The van der Waals surface area contributed by atoms with Gasteiger partial charge in [-0.15, -0.1) is 0 Å². The van der Waals surface area contributed by atoms with Gasteiger partial charge in [0, 0.05) is 17.8 Å². The quantitative estimate of drug-likeness (QED) is 0.661. The lowest BCUT2D eigenvalue weighted by Crippen LogP contribution is -2.44. The van der Waals surface area contributed by atoms with E-state index in [0.29, 0.717) is 11.3 Å². The molecule has 0 saturated carbocycles. The van der Waals surface area contributed by atoms with E-state index < -0.39 is 5.97 Å². The van der Waals surface area contributed by atoms with Gasteiger partial charge in [0.15, 0.2) is 6.61 Å². The highest BCUT2D eigenvalue weighted by atomic mass is 16.5. The van der Waals surface area contributed by atoms with Crippen LogP contribution in [0.4, 0.5) is 5.69 Å². The summed E-state index contributed by atoms with van der Waals surface area (Å²) in [5.41, 5.74) is 6.43. The van der Waals surface area contributed by atoms with Crippen LogP contribution in [-0.2, 0) is 9.53 Å². The van der Waals surface area contributed by atoms with E-state index in [4.69, 9.17) is 10.5 Å². The van der Waals surface area contributed by atoms with Crippen molar-refractivity contribution < 1.29 is 14.3 Å². The number of nitrogens with zero attached hydrogens (tertiary/aromatic N) is 1. The molecule has 0 heterocycles. The summed E-state index contributed by atoms with van der Waals surface area (Å²) in [5, 5.41) is 0. The Labute approximate surface area is 119 Å². The first-order valence-corrected chi connectivity index (χ1v) is 6.66. The number of anilines is 1. The molecule has 0 fully saturated rings. The number of esters is 1. The topological polar surface area (TPSA) is 72.6 Å². The highest BCUT2D eigenvalue weighted by molar-refractivity contribution is 5.92. The van der Waals surface area contributed by atoms with Gasteiger partial charge in [-0.2, -0.15) is 0 Å². The first-order valence-electron chi connectivity index (χ1n) is 6.66. The van der Waals surface area contributed by atoms with Gasteiger partial charge in [-0.3, -0.25) is 4.79 Å². The molecule has 5 heteroatoms. The second-order valence-electron chi connectivity index (χ2n) is 5.19. The van der Waals surface area contributed by atoms with Gasteiger partial charge in [-0.1, -0.05) is 6.07 Å². The number of benzene rings is 1. The molecular formula is C15H22N2O3. The summed E-state index contributed by atoms with van der Waals surface area (Å²) in [5.74, 6) is -0.745. The third-order valence-corrected chi connectivity index (χ3v) is 2.85. The largest absolute Gasteiger partial charge is 0.452 e. The van der Waals surface area contributed by atoms with E-state index in [1.54, 1.807) is 23.1 Å². The van der Waals surface area contributed by atoms with Crippen LogP contribution < -0.4 is 5.73 Å². The van der Waals surface area contributed by atoms with E-state index in [-0.39, 0.29) is 24.6 Å². The van der Waals surface area contributed by atoms with Gasteiger partial charge in [0.1, 0.15) is 0 Å². The molecule has 0 saturated heterocycles. The van der Waals surface area contributed by atoms with Gasteiger partial charge in [0.25, 0.3) is 5.91 Å². The van der Waals surface area contributed by atoms with E-state index >= 15 is 0 Å². The number of rotatable bonds is 5. The minimum absolute atomic E-state index is 0.0635. The number of amides is 1. The number of nitrogen functional groups attached to an aromatic ring is 1. The zero-order chi connectivity index (χ0) is 15.3. The van der Waals surface area contributed by atoms with E-state index in [0.717, 1.165) is 0 Å². The first-order chi connectivity index (χ1) is 9.32. The van der Waals surface area contributed by atoms with Crippen LogP contribution in [0, 0.1) is 0 Å². The zero-order valence-corrected chi connectivity index (χ0v) is 12.4. The van der Waals surface area contributed by atoms with Crippen LogP contribution >= 0.6 is 0 Å². The number of carbonyl (C=O) groups excluding carboxylic acids is 2. The maximum atomic E-state index is 12.1. The van der Waals surface area contributed by atoms with Crippen molar-refractivity contribution in [3.63, 3.8) is 0 Å². The summed E-state index contributed by atoms with van der Waals surface area (Å²) < 4.78 is 5.04. The molecule has 1 aromatic carbocycles. The van der Waals surface area contributed by atoms with Gasteiger partial charge in [0.05, 0.1) is 5.56 Å². The fraction of sp³-hybridized carbons (Fsp3) is 0.467. The maximum absolute atomic E-state index is 12.1. The van der Waals surface area contributed by atoms with Gasteiger partial charge in [-0.05, 0) is 45.9 Å². The first kappa shape index (κ1) is 16.0. The third-order valence-electron chi connectivity index (χ3n) is 2.85. The Hall–Kier alpha value is -2.04. The molecule has 1 rings (SSSR count). The molecule has 5 nitrogen and oxygen atoms in total. The Kier molecular flexibility index (Phi) is 5.55. The van der Waals surface area contributed by atoms with Crippen molar-refractivity contribution in [3.05, 3.63) is 29.8 Å². The Morgan fingerprint density at radius 1 is 1.20 bits per heavy atom. The molecule has 2 N–H and O–H groups in total. The molecule has 110 valence electrons. The van der Waals surface area contributed by atoms with Crippen molar-refractivity contribution in [2.75, 3.05) is 12.3 Å². The summed E-state index contributed by atoms with van der Waals surface area (Å²) in [6.45, 7) is 7.45. The Bertz CT molecular complexity index is 476. The van der Waals surface area contributed by atoms with Crippen LogP contribution in [-0.4, -0.2) is 35.5 Å². The summed E-state index contributed by atoms with van der Waals surface area (Å²) in [6.07, 6.45) is 0. The smallest absolute Gasteiger partial charge is 0.338 e. The van der Waals surface area contributed by atoms with Crippen molar-refractivity contribution in [1.29, 1.82) is 0 Å². The minimum Gasteiger partial charge on any atom is -0.452 e. The molecule has 0 spiro atoms. The van der Waals surface area contributed by atoms with E-state index in [1.165, 1.54) is 6.07 Å². The van der Waals surface area contributed by atoms with E-state index in [1.807, 2.05) is 27.7 Å². The lowest BCUT2D eigenvalue weighted by molar-refractivity contribution is -0.138. The van der Waals surface area contributed by atoms with Gasteiger partial charge in [0.2, 0.25) is 0 Å². The molecule has 0 aromatic heterocycles. The molecule has 0 atom stereocenters. The normalized spacial score (nSPS) is 10.7. The number of carbonyl (C=O) groups is 2. The molecule has 0 aliphatic heterocycles. The number of ether oxygens (including phenoxy) is 1. The zero-order valence-electron chi connectivity index (χ0n) is 12.4. The molecule has 0 aliphatic carbocycles. The van der Waals surface area contributed by atoms with Gasteiger partial charge in [-0.25, -0.2) is 4.79 Å². The van der Waals surface area contributed by atoms with Crippen LogP contribution in [0.5, 0.6) is 0 Å². The molecule has 0 radical (unpaired) electrons. The molecule has 20 heavy (non-hydrogen) atoms. The van der Waals surface area contributed by atoms with Crippen LogP contribution in [0.2, 0.25) is 0 Å². The summed E-state index contributed by atoms with van der Waals surface area (Å²) in [6, 6.07) is 6.60. The minimum atomic E-state index is -0.543. The third kappa shape index (κ3) is 4.26. The molecule has 1 aromatic rings. The SMILES string of the molecule is CC(C)N(C(=O)COC(=O)c1cccc(N)c1)C(C)C. The molecular weight excluding hydrogens is 256 g/mol. The van der Waals surface area contributed by atoms with Crippen LogP contribution in [0.15, 0.2) is 24.3 Å². The average Bonchev–Trinajstić information content (AvgIpc) is 2.35. The molecule has 0 unspecified atom stereocenters. The van der Waals surface area contributed by atoms with Crippen molar-refractivity contribution in [2.45, 2.75) is 39.8 Å². The maximum Gasteiger partial charge on any atom is 0.338 e. The van der Waals surface area contributed by atoms with E-state index in [2.05, 4.69) is 0 Å². The number of hydrogen-bond donors (Lipinski definition) is 1. The van der Waals surface area contributed by atoms with Crippen molar-refractivity contribution in [2.24, 2.45) is 0 Å². The average molecular weight is 278 g/mol. The fourth-order valence-corrected chi connectivity index (χ4v) is 2.12. The predicted octanol–water partition coefficient (Wildman–Crippen LogP) is 2.07. The Balaban J connectivity index is 2.62. The summed E-state index contributed by atoms with van der Waals surface area (Å²) in [4.78, 5) is 25.6. The van der Waals surface area contributed by atoms with Crippen molar-refractivity contribution in [3.8, 4) is 0 Å². The molecule has 0 aliphatic rings. The van der Waals surface area contributed by atoms with Crippen molar-refractivity contribution >= 4 is 17.6 Å². The highest BCUT2D eigenvalue weighted by Gasteiger charge is 2.21. The number of hydrogen-bond acceptors (Lipinski definition) is 4. The van der Waals surface area contributed by atoms with Crippen LogP contribution in [0.3, 0.4) is 0 Å². The second kappa shape index (κ2) is 6.93. The summed E-state index contributed by atoms with van der Waals surface area (Å²) >= 11 is 0. The lowest BCUT2D eigenvalue weighted by atomic mass is 10.2. The standard InChI is InChI=1S/C15H22N2O3/c1-10(2)17(11(3)4)14(18)9-20-15(19)12-6-5-7-13(16)8-12/h5-8,10-11H,9,16H2,1-4H3. The Morgan fingerprint density at radius 2 is 1.80 bits per heavy atom. The van der Waals surface area contributed by atoms with Gasteiger partial charge >= 0.3 is 5.97 Å². The van der Waals surface area contributed by atoms with Crippen molar-refractivity contribution in [1.82, 2.24) is 4.90 Å². The molecule has 0 bridgehead atoms. The predicted molar refractivity (Wildman–Crippen MR) is 78.3 cm³/mol. The van der Waals surface area contributed by atoms with Crippen LogP contribution in [0.25, 0.3) is 0 Å². The van der Waals surface area contributed by atoms with E-state index in [9.17, 15) is 9.59 Å². The lowest BCUT2D eigenvalue weighted by Gasteiger charge is -2.30. The summed E-state index contributed by atoms with van der Waals surface area (Å²) in [7, 11) is 0. The fourth-order valence-electron chi connectivity index (χ4n) is 2.12. The highest BCUT2D eigenvalue weighted by Crippen LogP contribution is 2.09. The monoisotopic (exact) mass is 278 g/mol. The van der Waals surface area contributed by atoms with Crippen LogP contribution in [0.1, 0.15) is 38.1 Å². The molecule has 1 amide bonds. The van der Waals surface area contributed by atoms with Gasteiger partial charge < -0.3 is 15.4 Å².